The van der Waals surface area contributed by atoms with Gasteiger partial charge in [0, 0.05) is 18.0 Å². The molecule has 4 aliphatic rings. The van der Waals surface area contributed by atoms with Gasteiger partial charge >= 0.3 is 5.97 Å². The van der Waals surface area contributed by atoms with Crippen LogP contribution in [0.4, 0.5) is 0 Å². The summed E-state index contributed by atoms with van der Waals surface area (Å²) < 4.78 is 5.46. The Bertz CT molecular complexity index is 474. The van der Waals surface area contributed by atoms with Gasteiger partial charge in [-0.2, -0.15) is 0 Å². The maximum absolute atomic E-state index is 12.1. The van der Waals surface area contributed by atoms with Crippen molar-refractivity contribution in [1.82, 2.24) is 5.32 Å². The van der Waals surface area contributed by atoms with Gasteiger partial charge in [-0.1, -0.05) is 37.8 Å². The molecule has 2 saturated heterocycles. The van der Waals surface area contributed by atoms with Crippen LogP contribution in [-0.2, 0) is 9.53 Å². The molecule has 5 unspecified atom stereocenters. The van der Waals surface area contributed by atoms with Crippen LogP contribution in [0.5, 0.6) is 0 Å². The quantitative estimate of drug-likeness (QED) is 0.623. The van der Waals surface area contributed by atoms with Gasteiger partial charge in [-0.3, -0.25) is 4.79 Å². The van der Waals surface area contributed by atoms with E-state index in [1.807, 2.05) is 0 Å². The Balaban J connectivity index is 1.52. The first-order valence-electron chi connectivity index (χ1n) is 9.83. The lowest BCUT2D eigenvalue weighted by atomic mass is 9.58. The summed E-state index contributed by atoms with van der Waals surface area (Å²) in [5.74, 6) is 2.81. The number of esters is 1. The third-order valence-corrected chi connectivity index (χ3v) is 6.97. The number of nitrogens with one attached hydrogen (secondary N) is 1. The zero-order chi connectivity index (χ0) is 15.8. The first-order valence-corrected chi connectivity index (χ1v) is 9.83. The SMILES string of the molecule is C[C@H]1CCC[C@H](/C=C/C2C3CCCCC3CC3C(=O)OCC32)N1. The number of piperidine rings is 1. The molecular formula is C20H31NO2. The minimum Gasteiger partial charge on any atom is -0.465 e. The van der Waals surface area contributed by atoms with E-state index < -0.39 is 0 Å². The maximum atomic E-state index is 12.1. The van der Waals surface area contributed by atoms with Gasteiger partial charge in [-0.25, -0.2) is 0 Å². The minimum atomic E-state index is 0.0850. The predicted octanol–water partition coefficient (Wildman–Crippen LogP) is 3.69. The molecule has 2 aliphatic heterocycles. The summed E-state index contributed by atoms with van der Waals surface area (Å²) in [4.78, 5) is 12.1. The molecule has 4 fully saturated rings. The van der Waals surface area contributed by atoms with Gasteiger partial charge in [0.25, 0.3) is 0 Å². The number of fused-ring (bicyclic) bond motifs is 2. The van der Waals surface area contributed by atoms with Crippen molar-refractivity contribution >= 4 is 5.97 Å². The van der Waals surface area contributed by atoms with Gasteiger partial charge in [0.1, 0.15) is 0 Å². The molecule has 2 aliphatic carbocycles. The molecule has 23 heavy (non-hydrogen) atoms. The van der Waals surface area contributed by atoms with Crippen LogP contribution in [-0.4, -0.2) is 24.7 Å². The van der Waals surface area contributed by atoms with Crippen molar-refractivity contribution in [2.75, 3.05) is 6.61 Å². The molecule has 1 N–H and O–H groups in total. The second-order valence-corrected chi connectivity index (χ2v) is 8.41. The third-order valence-electron chi connectivity index (χ3n) is 6.97. The highest BCUT2D eigenvalue weighted by atomic mass is 16.5. The van der Waals surface area contributed by atoms with Crippen molar-refractivity contribution in [3.63, 3.8) is 0 Å². The highest BCUT2D eigenvalue weighted by molar-refractivity contribution is 5.75. The summed E-state index contributed by atoms with van der Waals surface area (Å²) in [5, 5.41) is 3.71. The van der Waals surface area contributed by atoms with E-state index in [4.69, 9.17) is 4.74 Å². The molecule has 3 nitrogen and oxygen atoms in total. The molecule has 0 aromatic heterocycles. The Morgan fingerprint density at radius 1 is 1.04 bits per heavy atom. The Morgan fingerprint density at radius 3 is 2.78 bits per heavy atom. The Hall–Kier alpha value is -0.830. The molecule has 7 atom stereocenters. The summed E-state index contributed by atoms with van der Waals surface area (Å²) in [6.45, 7) is 2.95. The van der Waals surface area contributed by atoms with Gasteiger partial charge < -0.3 is 10.1 Å². The zero-order valence-corrected chi connectivity index (χ0v) is 14.4. The topological polar surface area (TPSA) is 38.3 Å². The summed E-state index contributed by atoms with van der Waals surface area (Å²) in [6.07, 6.45) is 15.3. The van der Waals surface area contributed by atoms with E-state index >= 15 is 0 Å². The zero-order valence-electron chi connectivity index (χ0n) is 14.4. The average Bonchev–Trinajstić information content (AvgIpc) is 2.93. The fourth-order valence-corrected chi connectivity index (χ4v) is 5.78. The van der Waals surface area contributed by atoms with Crippen molar-refractivity contribution in [3.05, 3.63) is 12.2 Å². The van der Waals surface area contributed by atoms with Crippen LogP contribution < -0.4 is 5.32 Å². The predicted molar refractivity (Wildman–Crippen MR) is 90.9 cm³/mol. The van der Waals surface area contributed by atoms with Crippen molar-refractivity contribution < 1.29 is 9.53 Å². The van der Waals surface area contributed by atoms with Gasteiger partial charge in [0.2, 0.25) is 0 Å². The Morgan fingerprint density at radius 2 is 1.91 bits per heavy atom. The van der Waals surface area contributed by atoms with E-state index in [1.54, 1.807) is 0 Å². The number of rotatable bonds is 2. The van der Waals surface area contributed by atoms with Crippen LogP contribution in [0.1, 0.15) is 58.3 Å². The van der Waals surface area contributed by atoms with E-state index in [9.17, 15) is 4.79 Å². The Labute approximate surface area is 140 Å². The lowest BCUT2D eigenvalue weighted by molar-refractivity contribution is -0.142. The number of cyclic esters (lactones) is 1. The van der Waals surface area contributed by atoms with Gasteiger partial charge in [0.15, 0.2) is 0 Å². The van der Waals surface area contributed by atoms with E-state index in [2.05, 4.69) is 24.4 Å². The normalized spacial score (nSPS) is 47.2. The highest BCUT2D eigenvalue weighted by Crippen LogP contribution is 2.51. The number of hydrogen-bond donors (Lipinski definition) is 1. The third kappa shape index (κ3) is 3.09. The fraction of sp³-hybridized carbons (Fsp3) is 0.850. The van der Waals surface area contributed by atoms with Crippen LogP contribution in [0.3, 0.4) is 0 Å². The van der Waals surface area contributed by atoms with Crippen LogP contribution in [0.15, 0.2) is 12.2 Å². The van der Waals surface area contributed by atoms with E-state index in [-0.39, 0.29) is 11.9 Å². The van der Waals surface area contributed by atoms with Gasteiger partial charge in [-0.15, -0.1) is 0 Å². The molecule has 0 aromatic rings. The van der Waals surface area contributed by atoms with E-state index in [1.165, 1.54) is 44.9 Å². The van der Waals surface area contributed by atoms with Crippen molar-refractivity contribution in [2.45, 2.75) is 70.4 Å². The number of carbonyl (C=O) groups is 1. The monoisotopic (exact) mass is 317 g/mol. The van der Waals surface area contributed by atoms with Gasteiger partial charge in [0.05, 0.1) is 12.5 Å². The Kier molecular flexibility index (Phi) is 4.49. The lowest BCUT2D eigenvalue weighted by Crippen LogP contribution is -2.42. The molecule has 0 bridgehead atoms. The van der Waals surface area contributed by atoms with Gasteiger partial charge in [-0.05, 0) is 50.4 Å². The standard InChI is InChI=1S/C20H31NO2/c1-13-5-4-7-15(21-13)9-10-17-16-8-3-2-6-14(16)11-18-19(17)12-23-20(18)22/h9-10,13-19,21H,2-8,11-12H2,1H3/b10-9+/t13-,14?,15+,16?,17?,18?,19?/m0/s1. The molecule has 0 aromatic carbocycles. The smallest absolute Gasteiger partial charge is 0.309 e. The minimum absolute atomic E-state index is 0.0850. The lowest BCUT2D eigenvalue weighted by Gasteiger charge is -2.45. The molecule has 0 amide bonds. The first kappa shape index (κ1) is 15.7. The average molecular weight is 317 g/mol. The molecule has 3 heteroatoms. The number of allylic oxidation sites excluding steroid dienone is 1. The van der Waals surface area contributed by atoms with Crippen molar-refractivity contribution in [1.29, 1.82) is 0 Å². The molecule has 0 radical (unpaired) electrons. The van der Waals surface area contributed by atoms with E-state index in [0.29, 0.717) is 30.5 Å². The van der Waals surface area contributed by atoms with Crippen LogP contribution in [0, 0.1) is 29.6 Å². The second kappa shape index (κ2) is 6.58. The summed E-state index contributed by atoms with van der Waals surface area (Å²) in [5.41, 5.74) is 0. The molecule has 2 heterocycles. The van der Waals surface area contributed by atoms with Crippen molar-refractivity contribution in [3.8, 4) is 0 Å². The fourth-order valence-electron chi connectivity index (χ4n) is 5.78. The van der Waals surface area contributed by atoms with Crippen molar-refractivity contribution in [2.24, 2.45) is 29.6 Å². The molecular weight excluding hydrogens is 286 g/mol. The largest absolute Gasteiger partial charge is 0.465 e. The maximum Gasteiger partial charge on any atom is 0.309 e. The molecule has 128 valence electrons. The highest BCUT2D eigenvalue weighted by Gasteiger charge is 2.50. The van der Waals surface area contributed by atoms with Crippen LogP contribution in [0.25, 0.3) is 0 Å². The summed E-state index contributed by atoms with van der Waals surface area (Å²) in [7, 11) is 0. The number of hydrogen-bond acceptors (Lipinski definition) is 3. The second-order valence-electron chi connectivity index (χ2n) is 8.41. The molecule has 2 saturated carbocycles. The summed E-state index contributed by atoms with van der Waals surface area (Å²) in [6, 6.07) is 1.16. The first-order chi connectivity index (χ1) is 11.2. The molecule has 0 spiro atoms. The summed E-state index contributed by atoms with van der Waals surface area (Å²) >= 11 is 0. The van der Waals surface area contributed by atoms with E-state index in [0.717, 1.165) is 18.3 Å². The van der Waals surface area contributed by atoms with Crippen LogP contribution in [0.2, 0.25) is 0 Å². The molecule has 4 rings (SSSR count). The number of carbonyl (C=O) groups excluding carboxylic acids is 1. The van der Waals surface area contributed by atoms with Crippen LogP contribution >= 0.6 is 0 Å². The number of ether oxygens (including phenoxy) is 1.